The van der Waals surface area contributed by atoms with Crippen molar-refractivity contribution in [3.63, 3.8) is 0 Å². The number of nitrogens with one attached hydrogen (secondary N) is 2. The standard InChI is InChI=1S/C12H15BrN2O.ClH/c1-8-7-9(4-5-10(8)13)15-12(16)11-3-2-6-14-11;/h4-5,7,11,14H,2-3,6H2,1H3,(H,15,16);1H/t11-;/m0./s1. The molecular formula is C12H16BrClN2O. The number of aryl methyl sites for hydroxylation is 1. The summed E-state index contributed by atoms with van der Waals surface area (Å²) in [7, 11) is 0. The van der Waals surface area contributed by atoms with Gasteiger partial charge in [-0.1, -0.05) is 15.9 Å². The van der Waals surface area contributed by atoms with E-state index in [9.17, 15) is 4.79 Å². The number of halogens is 2. The molecule has 1 heterocycles. The number of amides is 1. The summed E-state index contributed by atoms with van der Waals surface area (Å²) in [5.74, 6) is 0.0687. The minimum atomic E-state index is -0.0241. The highest BCUT2D eigenvalue weighted by molar-refractivity contribution is 9.10. The van der Waals surface area contributed by atoms with Crippen LogP contribution in [0.1, 0.15) is 18.4 Å². The number of carbonyl (C=O) groups is 1. The van der Waals surface area contributed by atoms with Crippen LogP contribution in [0.15, 0.2) is 22.7 Å². The van der Waals surface area contributed by atoms with Crippen molar-refractivity contribution >= 4 is 39.9 Å². The first-order valence-corrected chi connectivity index (χ1v) is 6.26. The van der Waals surface area contributed by atoms with E-state index in [2.05, 4.69) is 26.6 Å². The van der Waals surface area contributed by atoms with Gasteiger partial charge in [-0.3, -0.25) is 4.79 Å². The number of rotatable bonds is 2. The molecule has 1 atom stereocenters. The van der Waals surface area contributed by atoms with E-state index in [1.807, 2.05) is 25.1 Å². The summed E-state index contributed by atoms with van der Waals surface area (Å²) in [4.78, 5) is 11.8. The summed E-state index contributed by atoms with van der Waals surface area (Å²) in [6, 6.07) is 5.80. The Morgan fingerprint density at radius 3 is 2.88 bits per heavy atom. The van der Waals surface area contributed by atoms with Crippen molar-refractivity contribution in [2.45, 2.75) is 25.8 Å². The van der Waals surface area contributed by atoms with Crippen molar-refractivity contribution in [3.8, 4) is 0 Å². The third kappa shape index (κ3) is 3.69. The van der Waals surface area contributed by atoms with E-state index in [0.29, 0.717) is 0 Å². The Morgan fingerprint density at radius 2 is 2.29 bits per heavy atom. The van der Waals surface area contributed by atoms with Gasteiger partial charge in [0.15, 0.2) is 0 Å². The van der Waals surface area contributed by atoms with E-state index >= 15 is 0 Å². The van der Waals surface area contributed by atoms with Crippen molar-refractivity contribution in [2.24, 2.45) is 0 Å². The quantitative estimate of drug-likeness (QED) is 0.880. The van der Waals surface area contributed by atoms with Crippen molar-refractivity contribution < 1.29 is 4.79 Å². The average molecular weight is 320 g/mol. The number of carbonyl (C=O) groups excluding carboxylic acids is 1. The molecule has 0 aliphatic carbocycles. The Bertz CT molecular complexity index is 405. The fourth-order valence-corrected chi connectivity index (χ4v) is 2.11. The van der Waals surface area contributed by atoms with E-state index < -0.39 is 0 Å². The van der Waals surface area contributed by atoms with Gasteiger partial charge in [0.05, 0.1) is 6.04 Å². The molecule has 1 fully saturated rings. The molecule has 94 valence electrons. The van der Waals surface area contributed by atoms with E-state index in [1.54, 1.807) is 0 Å². The number of hydrogen-bond acceptors (Lipinski definition) is 2. The van der Waals surface area contributed by atoms with E-state index in [0.717, 1.165) is 35.1 Å². The molecule has 1 saturated heterocycles. The van der Waals surface area contributed by atoms with E-state index in [1.165, 1.54) is 0 Å². The summed E-state index contributed by atoms with van der Waals surface area (Å²) in [6.45, 7) is 2.95. The van der Waals surface area contributed by atoms with Crippen LogP contribution < -0.4 is 10.6 Å². The second-order valence-corrected chi connectivity index (χ2v) is 4.96. The van der Waals surface area contributed by atoms with Crippen LogP contribution >= 0.6 is 28.3 Å². The Morgan fingerprint density at radius 1 is 1.53 bits per heavy atom. The van der Waals surface area contributed by atoms with Gasteiger partial charge in [0.25, 0.3) is 0 Å². The zero-order valence-corrected chi connectivity index (χ0v) is 12.0. The normalized spacial score (nSPS) is 18.6. The molecule has 1 aliphatic heterocycles. The lowest BCUT2D eigenvalue weighted by molar-refractivity contribution is -0.117. The zero-order valence-electron chi connectivity index (χ0n) is 9.63. The number of anilines is 1. The molecule has 0 bridgehead atoms. The van der Waals surface area contributed by atoms with Gasteiger partial charge >= 0.3 is 0 Å². The Kier molecular flexibility index (Phi) is 5.43. The summed E-state index contributed by atoms with van der Waals surface area (Å²) in [5.41, 5.74) is 1.98. The molecule has 3 nitrogen and oxygen atoms in total. The molecule has 17 heavy (non-hydrogen) atoms. The number of hydrogen-bond donors (Lipinski definition) is 2. The van der Waals surface area contributed by atoms with Gasteiger partial charge in [-0.15, -0.1) is 12.4 Å². The highest BCUT2D eigenvalue weighted by atomic mass is 79.9. The summed E-state index contributed by atoms with van der Waals surface area (Å²) in [5, 5.41) is 6.11. The SMILES string of the molecule is Cc1cc(NC(=O)[C@@H]2CCCN2)ccc1Br.Cl. The van der Waals surface area contributed by atoms with Crippen molar-refractivity contribution in [2.75, 3.05) is 11.9 Å². The first-order valence-electron chi connectivity index (χ1n) is 5.47. The zero-order chi connectivity index (χ0) is 11.5. The lowest BCUT2D eigenvalue weighted by Gasteiger charge is -2.11. The molecule has 1 aromatic rings. The van der Waals surface area contributed by atoms with Crippen molar-refractivity contribution in [3.05, 3.63) is 28.2 Å². The molecule has 2 N–H and O–H groups in total. The first kappa shape index (κ1) is 14.5. The Labute approximate surface area is 116 Å². The number of benzene rings is 1. The smallest absolute Gasteiger partial charge is 0.241 e. The molecule has 0 aromatic heterocycles. The molecule has 0 unspecified atom stereocenters. The second-order valence-electron chi connectivity index (χ2n) is 4.10. The fraction of sp³-hybridized carbons (Fsp3) is 0.417. The Hall–Kier alpha value is -0.580. The Balaban J connectivity index is 0.00000144. The molecule has 0 spiro atoms. The lowest BCUT2D eigenvalue weighted by Crippen LogP contribution is -2.35. The molecule has 0 radical (unpaired) electrons. The van der Waals surface area contributed by atoms with Gasteiger partial charge in [0.1, 0.15) is 0 Å². The molecule has 1 aliphatic rings. The topological polar surface area (TPSA) is 41.1 Å². The molecule has 2 rings (SSSR count). The maximum atomic E-state index is 11.8. The first-order chi connectivity index (χ1) is 7.66. The van der Waals surface area contributed by atoms with Crippen LogP contribution in [-0.4, -0.2) is 18.5 Å². The average Bonchev–Trinajstić information content (AvgIpc) is 2.77. The third-order valence-electron chi connectivity index (χ3n) is 2.80. The largest absolute Gasteiger partial charge is 0.325 e. The monoisotopic (exact) mass is 318 g/mol. The predicted octanol–water partition coefficient (Wildman–Crippen LogP) is 2.87. The maximum absolute atomic E-state index is 11.8. The molecule has 1 aromatic carbocycles. The van der Waals surface area contributed by atoms with Crippen molar-refractivity contribution in [1.82, 2.24) is 5.32 Å². The van der Waals surface area contributed by atoms with E-state index in [-0.39, 0.29) is 24.4 Å². The highest BCUT2D eigenvalue weighted by Crippen LogP contribution is 2.20. The molecular weight excluding hydrogens is 304 g/mol. The molecule has 0 saturated carbocycles. The van der Waals surface area contributed by atoms with Gasteiger partial charge in [-0.25, -0.2) is 0 Å². The van der Waals surface area contributed by atoms with Gasteiger partial charge < -0.3 is 10.6 Å². The van der Waals surface area contributed by atoms with Crippen LogP contribution in [0.25, 0.3) is 0 Å². The predicted molar refractivity (Wildman–Crippen MR) is 75.8 cm³/mol. The summed E-state index contributed by atoms with van der Waals surface area (Å²) >= 11 is 3.44. The highest BCUT2D eigenvalue weighted by Gasteiger charge is 2.21. The van der Waals surface area contributed by atoms with Crippen LogP contribution in [0.3, 0.4) is 0 Å². The second kappa shape index (κ2) is 6.38. The van der Waals surface area contributed by atoms with Gasteiger partial charge in [0, 0.05) is 10.2 Å². The lowest BCUT2D eigenvalue weighted by atomic mass is 10.2. The van der Waals surface area contributed by atoms with Crippen LogP contribution in [0.5, 0.6) is 0 Å². The van der Waals surface area contributed by atoms with Crippen molar-refractivity contribution in [1.29, 1.82) is 0 Å². The van der Waals surface area contributed by atoms with Gasteiger partial charge in [-0.2, -0.15) is 0 Å². The molecule has 5 heteroatoms. The van der Waals surface area contributed by atoms with Gasteiger partial charge in [0.2, 0.25) is 5.91 Å². The van der Waals surface area contributed by atoms with Crippen LogP contribution in [0.2, 0.25) is 0 Å². The van der Waals surface area contributed by atoms with Crippen LogP contribution in [0.4, 0.5) is 5.69 Å². The summed E-state index contributed by atoms with van der Waals surface area (Å²) in [6.07, 6.45) is 2.01. The summed E-state index contributed by atoms with van der Waals surface area (Å²) < 4.78 is 1.06. The van der Waals surface area contributed by atoms with Crippen LogP contribution in [0, 0.1) is 6.92 Å². The minimum Gasteiger partial charge on any atom is -0.325 e. The van der Waals surface area contributed by atoms with Gasteiger partial charge in [-0.05, 0) is 50.1 Å². The minimum absolute atomic E-state index is 0. The van der Waals surface area contributed by atoms with E-state index in [4.69, 9.17) is 0 Å². The van der Waals surface area contributed by atoms with Crippen LogP contribution in [-0.2, 0) is 4.79 Å². The maximum Gasteiger partial charge on any atom is 0.241 e. The fourth-order valence-electron chi connectivity index (χ4n) is 1.86. The molecule has 1 amide bonds. The third-order valence-corrected chi connectivity index (χ3v) is 3.69.